The second-order valence-corrected chi connectivity index (χ2v) is 5.34. The smallest absolute Gasteiger partial charge is 0.307 e. The van der Waals surface area contributed by atoms with Crippen LogP contribution in [0.25, 0.3) is 0 Å². The molecular formula is C15H16N4O3S. The first-order chi connectivity index (χ1) is 11.3. The fraction of sp³-hybridized carbons (Fsp3) is 0.200. The number of rotatable bonds is 8. The zero-order valence-corrected chi connectivity index (χ0v) is 13.1. The Morgan fingerprint density at radius 2 is 1.83 bits per heavy atom. The Bertz CT molecular complexity index is 605. The number of hydrogen-bond donors (Lipinski definition) is 2. The molecule has 8 heteroatoms. The molecule has 23 heavy (non-hydrogen) atoms. The van der Waals surface area contributed by atoms with Gasteiger partial charge in [-0.2, -0.15) is 10.2 Å². The highest BCUT2D eigenvalue weighted by Gasteiger charge is 2.05. The largest absolute Gasteiger partial charge is 0.459 e. The summed E-state index contributed by atoms with van der Waals surface area (Å²) in [5, 5.41) is 9.51. The van der Waals surface area contributed by atoms with Gasteiger partial charge in [-0.25, -0.2) is 10.9 Å². The molecule has 7 nitrogen and oxygen atoms in total. The lowest BCUT2D eigenvalue weighted by Crippen LogP contribution is -2.16. The summed E-state index contributed by atoms with van der Waals surface area (Å²) in [6, 6.07) is 6.75. The van der Waals surface area contributed by atoms with Crippen molar-refractivity contribution in [3.8, 4) is 0 Å². The van der Waals surface area contributed by atoms with Crippen LogP contribution in [0.15, 0.2) is 50.5 Å². The number of amides is 2. The summed E-state index contributed by atoms with van der Waals surface area (Å²) >= 11 is 1.37. The van der Waals surface area contributed by atoms with Crippen LogP contribution in [0, 0.1) is 0 Å². The first-order valence-electron chi connectivity index (χ1n) is 6.98. The number of carbonyl (C=O) groups is 2. The van der Waals surface area contributed by atoms with Crippen molar-refractivity contribution in [1.29, 1.82) is 0 Å². The minimum absolute atomic E-state index is 0.210. The molecule has 0 bridgehead atoms. The zero-order valence-electron chi connectivity index (χ0n) is 12.3. The van der Waals surface area contributed by atoms with Crippen LogP contribution in [0.4, 0.5) is 0 Å². The van der Waals surface area contributed by atoms with Gasteiger partial charge < -0.3 is 4.42 Å². The maximum Gasteiger partial charge on any atom is 0.307 e. The third-order valence-corrected chi connectivity index (χ3v) is 3.54. The van der Waals surface area contributed by atoms with Gasteiger partial charge in [-0.05, 0) is 42.8 Å². The number of nitrogens with zero attached hydrogens (tertiary/aromatic N) is 2. The first-order valence-corrected chi connectivity index (χ1v) is 7.86. The standard InChI is InChI=1S/C15H16N4O3S/c20-14(12-6-4-10-22-12)18-16-8-2-1-3-9-17-19-15(21)13-7-5-11-23-13/h4-11H,1-3H2,(H,18,20)(H,19,21)/b16-8+,17-9+. The molecule has 2 aromatic heterocycles. The number of hydrazone groups is 2. The quantitative estimate of drug-likeness (QED) is 0.442. The molecule has 2 N–H and O–H groups in total. The fourth-order valence-corrected chi connectivity index (χ4v) is 2.18. The van der Waals surface area contributed by atoms with Crippen molar-refractivity contribution >= 4 is 35.6 Å². The van der Waals surface area contributed by atoms with Crippen LogP contribution in [-0.2, 0) is 0 Å². The first kappa shape index (κ1) is 16.6. The van der Waals surface area contributed by atoms with E-state index in [1.807, 2.05) is 11.4 Å². The highest BCUT2D eigenvalue weighted by Crippen LogP contribution is 2.07. The van der Waals surface area contributed by atoms with Crippen LogP contribution in [0.2, 0.25) is 0 Å². The van der Waals surface area contributed by atoms with E-state index in [0.29, 0.717) is 17.7 Å². The molecule has 2 rings (SSSR count). The maximum atomic E-state index is 11.6. The van der Waals surface area contributed by atoms with E-state index in [1.165, 1.54) is 17.6 Å². The van der Waals surface area contributed by atoms with Crippen molar-refractivity contribution < 1.29 is 14.0 Å². The normalized spacial score (nSPS) is 11.1. The van der Waals surface area contributed by atoms with E-state index in [2.05, 4.69) is 21.1 Å². The Morgan fingerprint density at radius 3 is 2.43 bits per heavy atom. The predicted octanol–water partition coefficient (Wildman–Crippen LogP) is 2.64. The van der Waals surface area contributed by atoms with Gasteiger partial charge in [0, 0.05) is 12.4 Å². The van der Waals surface area contributed by atoms with E-state index in [-0.39, 0.29) is 17.6 Å². The molecule has 2 aromatic rings. The van der Waals surface area contributed by atoms with Crippen molar-refractivity contribution in [2.45, 2.75) is 19.3 Å². The van der Waals surface area contributed by atoms with Crippen LogP contribution in [0.3, 0.4) is 0 Å². The lowest BCUT2D eigenvalue weighted by Gasteiger charge is -1.96. The Labute approximate surface area is 137 Å². The van der Waals surface area contributed by atoms with Crippen LogP contribution < -0.4 is 10.9 Å². The SMILES string of the molecule is O=C(N/N=C/CCC/C=N/NC(=O)c1cccs1)c1ccco1. The van der Waals surface area contributed by atoms with Gasteiger partial charge in [0.05, 0.1) is 11.1 Å². The van der Waals surface area contributed by atoms with Crippen LogP contribution in [0.5, 0.6) is 0 Å². The second-order valence-electron chi connectivity index (χ2n) is 4.39. The highest BCUT2D eigenvalue weighted by atomic mass is 32.1. The van der Waals surface area contributed by atoms with E-state index in [1.54, 1.807) is 30.6 Å². The molecule has 0 spiro atoms. The van der Waals surface area contributed by atoms with Gasteiger partial charge in [-0.3, -0.25) is 9.59 Å². The van der Waals surface area contributed by atoms with Crippen LogP contribution in [-0.4, -0.2) is 24.2 Å². The topological polar surface area (TPSA) is 96.1 Å². The molecule has 120 valence electrons. The molecule has 0 saturated heterocycles. The van der Waals surface area contributed by atoms with Crippen molar-refractivity contribution in [1.82, 2.24) is 10.9 Å². The molecule has 0 aromatic carbocycles. The molecule has 0 fully saturated rings. The summed E-state index contributed by atoms with van der Waals surface area (Å²) in [5.41, 5.74) is 4.82. The van der Waals surface area contributed by atoms with Gasteiger partial charge in [0.1, 0.15) is 0 Å². The Morgan fingerprint density at radius 1 is 1.09 bits per heavy atom. The number of thiophene rings is 1. The molecular weight excluding hydrogens is 316 g/mol. The number of hydrogen-bond acceptors (Lipinski definition) is 6. The Balaban J connectivity index is 1.53. The molecule has 0 atom stereocenters. The Kier molecular flexibility index (Phi) is 6.73. The monoisotopic (exact) mass is 332 g/mol. The number of furan rings is 1. The zero-order chi connectivity index (χ0) is 16.3. The van der Waals surface area contributed by atoms with E-state index in [9.17, 15) is 9.59 Å². The van der Waals surface area contributed by atoms with E-state index in [4.69, 9.17) is 4.42 Å². The lowest BCUT2D eigenvalue weighted by atomic mass is 10.3. The summed E-state index contributed by atoms with van der Waals surface area (Å²) in [5.74, 6) is -0.377. The molecule has 0 aliphatic rings. The van der Waals surface area contributed by atoms with Crippen molar-refractivity contribution in [3.63, 3.8) is 0 Å². The second kappa shape index (κ2) is 9.31. The highest BCUT2D eigenvalue weighted by molar-refractivity contribution is 7.12. The lowest BCUT2D eigenvalue weighted by molar-refractivity contribution is 0.0925. The molecule has 0 aliphatic heterocycles. The van der Waals surface area contributed by atoms with Gasteiger partial charge in [-0.1, -0.05) is 6.07 Å². The molecule has 2 amide bonds. The molecule has 0 unspecified atom stereocenters. The molecule has 0 saturated carbocycles. The van der Waals surface area contributed by atoms with Crippen molar-refractivity contribution in [2.75, 3.05) is 0 Å². The van der Waals surface area contributed by atoms with Gasteiger partial charge in [0.2, 0.25) is 0 Å². The summed E-state index contributed by atoms with van der Waals surface area (Å²) in [6.45, 7) is 0. The van der Waals surface area contributed by atoms with Crippen molar-refractivity contribution in [2.24, 2.45) is 10.2 Å². The molecule has 0 radical (unpaired) electrons. The molecule has 0 aliphatic carbocycles. The summed E-state index contributed by atoms with van der Waals surface area (Å²) in [7, 11) is 0. The summed E-state index contributed by atoms with van der Waals surface area (Å²) in [6.07, 6.45) is 6.86. The van der Waals surface area contributed by atoms with Crippen molar-refractivity contribution in [3.05, 3.63) is 46.5 Å². The van der Waals surface area contributed by atoms with Crippen LogP contribution in [0.1, 0.15) is 39.5 Å². The molecule has 2 heterocycles. The number of unbranched alkanes of at least 4 members (excludes halogenated alkanes) is 2. The number of carbonyl (C=O) groups excluding carboxylic acids is 2. The fourth-order valence-electron chi connectivity index (χ4n) is 1.56. The predicted molar refractivity (Wildman–Crippen MR) is 88.8 cm³/mol. The van der Waals surface area contributed by atoms with Gasteiger partial charge >= 0.3 is 5.91 Å². The van der Waals surface area contributed by atoms with Gasteiger partial charge in [0.25, 0.3) is 5.91 Å². The number of nitrogens with one attached hydrogen (secondary N) is 2. The summed E-state index contributed by atoms with van der Waals surface area (Å²) in [4.78, 5) is 23.6. The minimum Gasteiger partial charge on any atom is -0.459 e. The average molecular weight is 332 g/mol. The minimum atomic E-state index is -0.385. The Hall–Kier alpha value is -2.74. The average Bonchev–Trinajstić information content (AvgIpc) is 3.25. The van der Waals surface area contributed by atoms with Gasteiger partial charge in [-0.15, -0.1) is 11.3 Å². The van der Waals surface area contributed by atoms with Gasteiger partial charge in [0.15, 0.2) is 5.76 Å². The third kappa shape index (κ3) is 5.87. The van der Waals surface area contributed by atoms with Crippen LogP contribution >= 0.6 is 11.3 Å². The summed E-state index contributed by atoms with van der Waals surface area (Å²) < 4.78 is 4.93. The maximum absolute atomic E-state index is 11.6. The van der Waals surface area contributed by atoms with E-state index in [0.717, 1.165) is 6.42 Å². The van der Waals surface area contributed by atoms with E-state index >= 15 is 0 Å². The third-order valence-electron chi connectivity index (χ3n) is 2.67. The van der Waals surface area contributed by atoms with E-state index < -0.39 is 0 Å².